The summed E-state index contributed by atoms with van der Waals surface area (Å²) in [5, 5.41) is 4.07. The fourth-order valence-corrected chi connectivity index (χ4v) is 2.95. The van der Waals surface area contributed by atoms with E-state index in [-0.39, 0.29) is 12.4 Å². The van der Waals surface area contributed by atoms with Crippen molar-refractivity contribution in [1.82, 2.24) is 10.1 Å². The Balaban J connectivity index is 0.00000161. The van der Waals surface area contributed by atoms with E-state index >= 15 is 0 Å². The van der Waals surface area contributed by atoms with Crippen molar-refractivity contribution in [2.24, 2.45) is 5.73 Å². The highest BCUT2D eigenvalue weighted by Gasteiger charge is 2.36. The third kappa shape index (κ3) is 3.07. The van der Waals surface area contributed by atoms with E-state index < -0.39 is 5.54 Å². The van der Waals surface area contributed by atoms with Crippen molar-refractivity contribution in [2.75, 3.05) is 7.11 Å². The van der Waals surface area contributed by atoms with Gasteiger partial charge in [-0.15, -0.1) is 12.4 Å². The van der Waals surface area contributed by atoms with Crippen LogP contribution in [0.2, 0.25) is 0 Å². The Morgan fingerprint density at radius 3 is 2.71 bits per heavy atom. The lowest BCUT2D eigenvalue weighted by Crippen LogP contribution is -2.34. The summed E-state index contributed by atoms with van der Waals surface area (Å²) in [6.45, 7) is 0. The maximum Gasteiger partial charge on any atom is 0.261 e. The number of ether oxygens (including phenoxy) is 1. The van der Waals surface area contributed by atoms with Gasteiger partial charge in [0.15, 0.2) is 5.82 Å². The van der Waals surface area contributed by atoms with Crippen molar-refractivity contribution in [3.63, 3.8) is 0 Å². The first-order valence-corrected chi connectivity index (χ1v) is 7.39. The van der Waals surface area contributed by atoms with Crippen LogP contribution in [-0.4, -0.2) is 17.3 Å². The second-order valence-electron chi connectivity index (χ2n) is 5.13. The fraction of sp³-hybridized carbons (Fsp3) is 0.429. The van der Waals surface area contributed by atoms with Gasteiger partial charge in [0.25, 0.3) is 5.89 Å². The van der Waals surface area contributed by atoms with E-state index in [0.29, 0.717) is 17.5 Å². The number of nitrogens with two attached hydrogens (primary N) is 1. The van der Waals surface area contributed by atoms with Crippen molar-refractivity contribution in [2.45, 2.75) is 31.2 Å². The number of aromatic nitrogens is 2. The van der Waals surface area contributed by atoms with E-state index in [1.54, 1.807) is 7.11 Å². The van der Waals surface area contributed by atoms with E-state index in [1.165, 1.54) is 0 Å². The maximum atomic E-state index is 6.34. The summed E-state index contributed by atoms with van der Waals surface area (Å²) in [5.41, 5.74) is 6.68. The van der Waals surface area contributed by atoms with Crippen LogP contribution >= 0.6 is 28.3 Å². The normalized spacial score (nSPS) is 16.5. The van der Waals surface area contributed by atoms with Crippen LogP contribution in [0.1, 0.15) is 31.5 Å². The standard InChI is InChI=1S/C14H16BrN3O2.ClH/c1-19-11-8-9(15)4-5-10(11)12-17-13(18-20-12)14(16)6-2-3-7-14;/h4-5,8H,2-3,6-7,16H2,1H3;1H. The van der Waals surface area contributed by atoms with Gasteiger partial charge in [-0.25, -0.2) is 0 Å². The smallest absolute Gasteiger partial charge is 0.261 e. The topological polar surface area (TPSA) is 74.2 Å². The van der Waals surface area contributed by atoms with Crippen LogP contribution in [0, 0.1) is 0 Å². The van der Waals surface area contributed by atoms with E-state index in [4.69, 9.17) is 15.0 Å². The van der Waals surface area contributed by atoms with Gasteiger partial charge in [-0.2, -0.15) is 4.98 Å². The third-order valence-electron chi connectivity index (χ3n) is 3.76. The Morgan fingerprint density at radius 2 is 2.05 bits per heavy atom. The molecule has 1 aliphatic carbocycles. The molecule has 114 valence electrons. The lowest BCUT2D eigenvalue weighted by molar-refractivity contribution is 0.370. The predicted molar refractivity (Wildman–Crippen MR) is 85.6 cm³/mol. The number of hydrogen-bond donors (Lipinski definition) is 1. The fourth-order valence-electron chi connectivity index (χ4n) is 2.61. The molecule has 1 aromatic carbocycles. The molecule has 0 spiro atoms. The summed E-state index contributed by atoms with van der Waals surface area (Å²) in [4.78, 5) is 4.47. The molecule has 5 nitrogen and oxygen atoms in total. The van der Waals surface area contributed by atoms with Crippen molar-refractivity contribution < 1.29 is 9.26 Å². The van der Waals surface area contributed by atoms with Gasteiger partial charge in [0.2, 0.25) is 0 Å². The van der Waals surface area contributed by atoms with E-state index in [2.05, 4.69) is 26.1 Å². The van der Waals surface area contributed by atoms with Crippen LogP contribution in [0.25, 0.3) is 11.5 Å². The van der Waals surface area contributed by atoms with Gasteiger partial charge in [0, 0.05) is 4.47 Å². The minimum Gasteiger partial charge on any atom is -0.496 e. The van der Waals surface area contributed by atoms with Gasteiger partial charge in [0.1, 0.15) is 5.75 Å². The first-order valence-electron chi connectivity index (χ1n) is 6.59. The van der Waals surface area contributed by atoms with Gasteiger partial charge < -0.3 is 15.0 Å². The molecular weight excluding hydrogens is 358 g/mol. The highest BCUT2D eigenvalue weighted by atomic mass is 79.9. The molecule has 1 fully saturated rings. The summed E-state index contributed by atoms with van der Waals surface area (Å²) in [6.07, 6.45) is 4.04. The summed E-state index contributed by atoms with van der Waals surface area (Å²) in [7, 11) is 1.62. The first-order chi connectivity index (χ1) is 9.62. The molecule has 2 N–H and O–H groups in total. The number of nitrogens with zero attached hydrogens (tertiary/aromatic N) is 2. The zero-order valence-electron chi connectivity index (χ0n) is 11.6. The lowest BCUT2D eigenvalue weighted by Gasteiger charge is -2.17. The van der Waals surface area contributed by atoms with Crippen LogP contribution in [0.3, 0.4) is 0 Å². The molecule has 21 heavy (non-hydrogen) atoms. The molecule has 1 aliphatic rings. The average molecular weight is 375 g/mol. The molecule has 0 amide bonds. The van der Waals surface area contributed by atoms with E-state index in [1.807, 2.05) is 18.2 Å². The molecule has 7 heteroatoms. The van der Waals surface area contributed by atoms with Crippen molar-refractivity contribution in [3.8, 4) is 17.2 Å². The maximum absolute atomic E-state index is 6.34. The molecule has 1 saturated carbocycles. The van der Waals surface area contributed by atoms with Gasteiger partial charge in [-0.1, -0.05) is 33.9 Å². The van der Waals surface area contributed by atoms with Crippen LogP contribution in [0.4, 0.5) is 0 Å². The van der Waals surface area contributed by atoms with Gasteiger partial charge in [-0.3, -0.25) is 0 Å². The highest BCUT2D eigenvalue weighted by Crippen LogP contribution is 2.37. The second kappa shape index (κ2) is 6.34. The third-order valence-corrected chi connectivity index (χ3v) is 4.25. The highest BCUT2D eigenvalue weighted by molar-refractivity contribution is 9.10. The van der Waals surface area contributed by atoms with Crippen LogP contribution in [0.5, 0.6) is 5.75 Å². The Hall–Kier alpha value is -1.11. The summed E-state index contributed by atoms with van der Waals surface area (Å²) in [6, 6.07) is 5.67. The van der Waals surface area contributed by atoms with Crippen LogP contribution < -0.4 is 10.5 Å². The SMILES string of the molecule is COc1cc(Br)ccc1-c1nc(C2(N)CCCC2)no1.Cl. The quantitative estimate of drug-likeness (QED) is 0.887. The summed E-state index contributed by atoms with van der Waals surface area (Å²) >= 11 is 3.41. The van der Waals surface area contributed by atoms with Crippen molar-refractivity contribution in [1.29, 1.82) is 0 Å². The van der Waals surface area contributed by atoms with Crippen LogP contribution in [0.15, 0.2) is 27.2 Å². The Morgan fingerprint density at radius 1 is 1.33 bits per heavy atom. The number of benzene rings is 1. The molecular formula is C14H17BrClN3O2. The molecule has 0 bridgehead atoms. The zero-order chi connectivity index (χ0) is 14.2. The average Bonchev–Trinajstić information content (AvgIpc) is 3.08. The van der Waals surface area contributed by atoms with Crippen molar-refractivity contribution >= 4 is 28.3 Å². The van der Waals surface area contributed by atoms with Gasteiger partial charge in [0.05, 0.1) is 18.2 Å². The molecule has 0 aliphatic heterocycles. The number of hydrogen-bond acceptors (Lipinski definition) is 5. The molecule has 1 aromatic heterocycles. The molecule has 1 heterocycles. The minimum absolute atomic E-state index is 0. The minimum atomic E-state index is -0.440. The summed E-state index contributed by atoms with van der Waals surface area (Å²) < 4.78 is 11.7. The van der Waals surface area contributed by atoms with Gasteiger partial charge >= 0.3 is 0 Å². The van der Waals surface area contributed by atoms with E-state index in [9.17, 15) is 0 Å². The van der Waals surface area contributed by atoms with E-state index in [0.717, 1.165) is 35.7 Å². The molecule has 0 radical (unpaired) electrons. The largest absolute Gasteiger partial charge is 0.496 e. The molecule has 0 saturated heterocycles. The lowest BCUT2D eigenvalue weighted by atomic mass is 9.99. The van der Waals surface area contributed by atoms with Gasteiger partial charge in [-0.05, 0) is 31.0 Å². The molecule has 0 atom stereocenters. The number of methoxy groups -OCH3 is 1. The Kier molecular flexibility index (Phi) is 4.91. The molecule has 2 aromatic rings. The molecule has 3 rings (SSSR count). The molecule has 0 unspecified atom stereocenters. The number of halogens is 2. The number of rotatable bonds is 3. The second-order valence-corrected chi connectivity index (χ2v) is 6.05. The van der Waals surface area contributed by atoms with Crippen molar-refractivity contribution in [3.05, 3.63) is 28.5 Å². The first kappa shape index (κ1) is 16.3. The predicted octanol–water partition coefficient (Wildman–Crippen LogP) is 3.66. The Bertz CT molecular complexity index is 626. The van der Waals surface area contributed by atoms with Crippen LogP contribution in [-0.2, 0) is 5.54 Å². The summed E-state index contributed by atoms with van der Waals surface area (Å²) in [5.74, 6) is 1.73. The zero-order valence-corrected chi connectivity index (χ0v) is 14.0. The monoisotopic (exact) mass is 373 g/mol. The Labute approximate surface area is 137 Å².